The Morgan fingerprint density at radius 3 is 2.38 bits per heavy atom. The lowest BCUT2D eigenvalue weighted by Gasteiger charge is -2.12. The highest BCUT2D eigenvalue weighted by Crippen LogP contribution is 2.33. The van der Waals surface area contributed by atoms with Crippen molar-refractivity contribution in [1.82, 2.24) is 4.68 Å². The summed E-state index contributed by atoms with van der Waals surface area (Å²) in [7, 11) is 6.47. The van der Waals surface area contributed by atoms with Crippen molar-refractivity contribution in [2.24, 2.45) is 10.1 Å². The number of aromatic nitrogens is 1. The summed E-state index contributed by atoms with van der Waals surface area (Å²) < 4.78 is 23.3. The van der Waals surface area contributed by atoms with Crippen LogP contribution >= 0.6 is 22.7 Å². The zero-order chi connectivity index (χ0) is 20.6. The molecule has 0 radical (unpaired) electrons. The van der Waals surface area contributed by atoms with Crippen LogP contribution in [0.3, 0.4) is 0 Å². The summed E-state index contributed by atoms with van der Waals surface area (Å²) in [4.78, 5) is 6.51. The third kappa shape index (κ3) is 4.87. The molecule has 0 bridgehead atoms. The lowest BCUT2D eigenvalue weighted by molar-refractivity contribution is 0.207. The van der Waals surface area contributed by atoms with Crippen molar-refractivity contribution in [2.45, 2.75) is 0 Å². The van der Waals surface area contributed by atoms with Gasteiger partial charge in [0, 0.05) is 24.6 Å². The van der Waals surface area contributed by atoms with Gasteiger partial charge in [0.25, 0.3) is 0 Å². The summed E-state index contributed by atoms with van der Waals surface area (Å²) in [6.07, 6.45) is 1.72. The fourth-order valence-corrected chi connectivity index (χ4v) is 4.28. The van der Waals surface area contributed by atoms with E-state index in [1.54, 1.807) is 58.1 Å². The van der Waals surface area contributed by atoms with Crippen LogP contribution in [0.1, 0.15) is 5.56 Å². The summed E-state index contributed by atoms with van der Waals surface area (Å²) in [6.45, 7) is 1.11. The van der Waals surface area contributed by atoms with Crippen molar-refractivity contribution in [3.63, 3.8) is 0 Å². The highest BCUT2D eigenvalue weighted by Gasteiger charge is 2.13. The van der Waals surface area contributed by atoms with Gasteiger partial charge in [-0.05, 0) is 11.4 Å². The van der Waals surface area contributed by atoms with Crippen LogP contribution < -0.4 is 19.0 Å². The van der Waals surface area contributed by atoms with Crippen molar-refractivity contribution in [1.29, 1.82) is 0 Å². The van der Waals surface area contributed by atoms with Crippen molar-refractivity contribution in [2.75, 3.05) is 41.6 Å². The number of hydrogen-bond acceptors (Lipinski definition) is 8. The van der Waals surface area contributed by atoms with E-state index in [4.69, 9.17) is 24.0 Å². The van der Waals surface area contributed by atoms with Crippen LogP contribution in [0.25, 0.3) is 10.6 Å². The number of hydrogen-bond donors (Lipinski definition) is 0. The van der Waals surface area contributed by atoms with Gasteiger partial charge in [-0.25, -0.2) is 4.68 Å². The SMILES string of the molecule is COCCN=c1scc(-c2cccs2)n1/N=C/c1c(OC)cc(OC)cc1OC. The average molecular weight is 434 g/mol. The van der Waals surface area contributed by atoms with Crippen molar-refractivity contribution < 1.29 is 18.9 Å². The number of benzene rings is 1. The van der Waals surface area contributed by atoms with E-state index in [-0.39, 0.29) is 0 Å². The molecular weight excluding hydrogens is 410 g/mol. The van der Waals surface area contributed by atoms with E-state index in [9.17, 15) is 0 Å². The number of ether oxygens (including phenoxy) is 4. The molecule has 3 aromatic rings. The van der Waals surface area contributed by atoms with Gasteiger partial charge in [-0.1, -0.05) is 6.07 Å². The van der Waals surface area contributed by atoms with E-state index in [2.05, 4.69) is 16.4 Å². The maximum atomic E-state index is 5.52. The predicted octanol–water partition coefficient (Wildman–Crippen LogP) is 3.73. The maximum absolute atomic E-state index is 5.52. The van der Waals surface area contributed by atoms with Crippen molar-refractivity contribution >= 4 is 28.9 Å². The molecule has 0 spiro atoms. The molecule has 0 aliphatic rings. The molecule has 29 heavy (non-hydrogen) atoms. The standard InChI is InChI=1S/C20H23N3O4S2/c1-24-8-7-21-20-23(16(13-29-20)19-6-5-9-28-19)22-12-15-17(26-3)10-14(25-2)11-18(15)27-4/h5-6,9-13H,7-8H2,1-4H3/b21-20?,22-12+. The van der Waals surface area contributed by atoms with Crippen LogP contribution in [0, 0.1) is 0 Å². The molecule has 2 aromatic heterocycles. The topological polar surface area (TPSA) is 66.6 Å². The van der Waals surface area contributed by atoms with Gasteiger partial charge in [-0.15, -0.1) is 22.7 Å². The molecule has 0 unspecified atom stereocenters. The Morgan fingerprint density at radius 1 is 1.03 bits per heavy atom. The highest BCUT2D eigenvalue weighted by molar-refractivity contribution is 7.14. The first-order chi connectivity index (χ1) is 14.2. The van der Waals surface area contributed by atoms with Gasteiger partial charge in [0.1, 0.15) is 17.2 Å². The van der Waals surface area contributed by atoms with Crippen LogP contribution in [0.5, 0.6) is 17.2 Å². The fourth-order valence-electron chi connectivity index (χ4n) is 2.62. The molecule has 0 aliphatic carbocycles. The highest BCUT2D eigenvalue weighted by atomic mass is 32.1. The average Bonchev–Trinajstić information content (AvgIpc) is 3.41. The number of thiazole rings is 1. The van der Waals surface area contributed by atoms with E-state index in [0.29, 0.717) is 30.4 Å². The lowest BCUT2D eigenvalue weighted by atomic mass is 10.2. The van der Waals surface area contributed by atoms with E-state index >= 15 is 0 Å². The maximum Gasteiger partial charge on any atom is 0.206 e. The van der Waals surface area contributed by atoms with E-state index in [1.807, 2.05) is 16.1 Å². The number of rotatable bonds is 9. The van der Waals surface area contributed by atoms with Gasteiger partial charge in [0.2, 0.25) is 4.80 Å². The van der Waals surface area contributed by atoms with E-state index in [0.717, 1.165) is 20.9 Å². The Kier molecular flexibility index (Phi) is 7.45. The second-order valence-corrected chi connectivity index (χ2v) is 7.54. The third-order valence-corrected chi connectivity index (χ3v) is 5.80. The van der Waals surface area contributed by atoms with Crippen molar-refractivity contribution in [3.05, 3.63) is 45.4 Å². The van der Waals surface area contributed by atoms with Crippen LogP contribution in [0.4, 0.5) is 0 Å². The fraction of sp³-hybridized carbons (Fsp3) is 0.300. The Bertz CT molecular complexity index is 998. The molecule has 0 saturated carbocycles. The van der Waals surface area contributed by atoms with Crippen LogP contribution in [-0.4, -0.2) is 52.5 Å². The van der Waals surface area contributed by atoms with Gasteiger partial charge in [0.05, 0.1) is 56.8 Å². The minimum Gasteiger partial charge on any atom is -0.496 e. The Balaban J connectivity index is 2.08. The van der Waals surface area contributed by atoms with Gasteiger partial charge >= 0.3 is 0 Å². The molecule has 0 aliphatic heterocycles. The Morgan fingerprint density at radius 2 is 1.79 bits per heavy atom. The Labute approximate surface area is 177 Å². The zero-order valence-electron chi connectivity index (χ0n) is 16.7. The molecule has 0 fully saturated rings. The molecule has 1 aromatic carbocycles. The summed E-state index contributed by atoms with van der Waals surface area (Å²) in [5, 5.41) is 8.81. The van der Waals surface area contributed by atoms with E-state index < -0.39 is 0 Å². The van der Waals surface area contributed by atoms with Crippen LogP contribution in [-0.2, 0) is 4.74 Å². The van der Waals surface area contributed by atoms with Gasteiger partial charge < -0.3 is 18.9 Å². The molecule has 2 heterocycles. The first kappa shape index (κ1) is 21.1. The molecule has 3 rings (SSSR count). The molecule has 0 amide bonds. The number of methoxy groups -OCH3 is 4. The molecule has 0 N–H and O–H groups in total. The quantitative estimate of drug-likeness (QED) is 0.381. The minimum atomic E-state index is 0.552. The normalized spacial score (nSPS) is 11.9. The molecule has 9 heteroatoms. The first-order valence-electron chi connectivity index (χ1n) is 8.80. The lowest BCUT2D eigenvalue weighted by Crippen LogP contribution is -2.13. The smallest absolute Gasteiger partial charge is 0.206 e. The number of nitrogens with zero attached hydrogens (tertiary/aromatic N) is 3. The molecule has 0 saturated heterocycles. The molecule has 0 atom stereocenters. The first-order valence-corrected chi connectivity index (χ1v) is 10.6. The summed E-state index contributed by atoms with van der Waals surface area (Å²) in [6, 6.07) is 7.67. The summed E-state index contributed by atoms with van der Waals surface area (Å²) in [5.74, 6) is 1.86. The predicted molar refractivity (Wildman–Crippen MR) is 117 cm³/mol. The van der Waals surface area contributed by atoms with Crippen molar-refractivity contribution in [3.8, 4) is 27.8 Å². The van der Waals surface area contributed by atoms with Crippen LogP contribution in [0.15, 0.2) is 45.1 Å². The second-order valence-electron chi connectivity index (χ2n) is 5.76. The zero-order valence-corrected chi connectivity index (χ0v) is 18.4. The molecule has 154 valence electrons. The molecular formula is C20H23N3O4S2. The number of thiophene rings is 1. The van der Waals surface area contributed by atoms with Gasteiger partial charge in [-0.2, -0.15) is 5.10 Å². The van der Waals surface area contributed by atoms with Crippen LogP contribution in [0.2, 0.25) is 0 Å². The summed E-state index contributed by atoms with van der Waals surface area (Å²) >= 11 is 3.19. The second kappa shape index (κ2) is 10.2. The minimum absolute atomic E-state index is 0.552. The monoisotopic (exact) mass is 433 g/mol. The third-order valence-electron chi connectivity index (χ3n) is 4.06. The van der Waals surface area contributed by atoms with Gasteiger partial charge in [0.15, 0.2) is 0 Å². The van der Waals surface area contributed by atoms with E-state index in [1.165, 1.54) is 11.3 Å². The largest absolute Gasteiger partial charge is 0.496 e. The Hall–Kier alpha value is -2.62. The summed E-state index contributed by atoms with van der Waals surface area (Å²) in [5.41, 5.74) is 1.69. The molecule has 7 nitrogen and oxygen atoms in total. The van der Waals surface area contributed by atoms with Gasteiger partial charge in [-0.3, -0.25) is 4.99 Å².